The lowest BCUT2D eigenvalue weighted by Crippen LogP contribution is -2.14. The molecule has 0 aliphatic heterocycles. The first kappa shape index (κ1) is 21.2. The lowest BCUT2D eigenvalue weighted by atomic mass is 10.0. The van der Waals surface area contributed by atoms with E-state index in [-0.39, 0.29) is 5.91 Å². The molecule has 166 valence electrons. The zero-order valence-electron chi connectivity index (χ0n) is 18.8. The fourth-order valence-electron chi connectivity index (χ4n) is 3.89. The minimum Gasteiger partial charge on any atom is -0.325 e. The van der Waals surface area contributed by atoms with Crippen molar-refractivity contribution in [1.29, 1.82) is 0 Å². The molecule has 0 atom stereocenters. The smallest absolute Gasteiger partial charge is 0.221 e. The lowest BCUT2D eigenvalue weighted by molar-refractivity contribution is -0.114. The number of nitrogens with one attached hydrogen (secondary N) is 1. The minimum absolute atomic E-state index is 0.165. The van der Waals surface area contributed by atoms with Crippen LogP contribution in [-0.2, 0) is 4.79 Å². The van der Waals surface area contributed by atoms with Gasteiger partial charge in [0.1, 0.15) is 11.6 Å². The highest BCUT2D eigenvalue weighted by molar-refractivity contribution is 6.03. The molecular weight excluding hydrogens is 424 g/mol. The van der Waals surface area contributed by atoms with Crippen LogP contribution in [0.15, 0.2) is 91.4 Å². The highest BCUT2D eigenvalue weighted by atomic mass is 16.1. The van der Waals surface area contributed by atoms with Crippen molar-refractivity contribution >= 4 is 34.1 Å². The largest absolute Gasteiger partial charge is 0.325 e. The summed E-state index contributed by atoms with van der Waals surface area (Å²) in [4.78, 5) is 32.1. The van der Waals surface area contributed by atoms with E-state index in [1.54, 1.807) is 18.6 Å². The first-order chi connectivity index (χ1) is 16.6. The molecule has 1 N–H and O–H groups in total. The molecule has 1 amide bonds. The Kier molecular flexibility index (Phi) is 5.66. The highest BCUT2D eigenvalue weighted by Gasteiger charge is 2.18. The maximum absolute atomic E-state index is 11.5. The molecule has 0 radical (unpaired) electrons. The predicted octanol–water partition coefficient (Wildman–Crippen LogP) is 5.48. The highest BCUT2D eigenvalue weighted by Crippen LogP contribution is 2.37. The van der Waals surface area contributed by atoms with Gasteiger partial charge < -0.3 is 10.2 Å². The number of pyridine rings is 2. The van der Waals surface area contributed by atoms with E-state index in [1.807, 2.05) is 66.5 Å². The summed E-state index contributed by atoms with van der Waals surface area (Å²) in [6, 6.07) is 23.8. The van der Waals surface area contributed by atoms with Crippen molar-refractivity contribution in [3.05, 3.63) is 91.4 Å². The number of aromatic nitrogens is 4. The van der Waals surface area contributed by atoms with Crippen molar-refractivity contribution in [2.24, 2.45) is 0 Å². The molecule has 0 fully saturated rings. The van der Waals surface area contributed by atoms with E-state index in [9.17, 15) is 4.79 Å². The number of rotatable bonds is 5. The Morgan fingerprint density at radius 1 is 0.882 bits per heavy atom. The van der Waals surface area contributed by atoms with Crippen molar-refractivity contribution in [1.82, 2.24) is 19.9 Å². The van der Waals surface area contributed by atoms with E-state index in [0.29, 0.717) is 17.1 Å². The van der Waals surface area contributed by atoms with Crippen LogP contribution in [0, 0.1) is 0 Å². The van der Waals surface area contributed by atoms with Gasteiger partial charge in [-0.2, -0.15) is 0 Å². The van der Waals surface area contributed by atoms with Crippen molar-refractivity contribution in [2.45, 2.75) is 6.92 Å². The van der Waals surface area contributed by atoms with Crippen LogP contribution >= 0.6 is 0 Å². The molecule has 0 aliphatic rings. The van der Waals surface area contributed by atoms with Gasteiger partial charge in [-0.1, -0.05) is 48.5 Å². The monoisotopic (exact) mass is 446 g/mol. The Hall–Kier alpha value is -4.65. The minimum atomic E-state index is -0.165. The number of fused-ring (bicyclic) bond motifs is 1. The van der Waals surface area contributed by atoms with Crippen LogP contribution in [-0.4, -0.2) is 32.9 Å². The maximum atomic E-state index is 11.5. The number of hydrogen-bond donors (Lipinski definition) is 1. The van der Waals surface area contributed by atoms with Gasteiger partial charge in [0, 0.05) is 31.9 Å². The van der Waals surface area contributed by atoms with E-state index in [4.69, 9.17) is 9.97 Å². The Balaban J connectivity index is 1.75. The first-order valence-corrected chi connectivity index (χ1v) is 10.8. The summed E-state index contributed by atoms with van der Waals surface area (Å²) in [5.41, 5.74) is 4.20. The molecule has 0 unspecified atom stereocenters. The zero-order valence-corrected chi connectivity index (χ0v) is 18.8. The summed E-state index contributed by atoms with van der Waals surface area (Å²) in [5.74, 6) is 1.83. The number of carbonyl (C=O) groups is 1. The summed E-state index contributed by atoms with van der Waals surface area (Å²) >= 11 is 0. The average Bonchev–Trinajstić information content (AvgIpc) is 2.88. The molecule has 7 nitrogen and oxygen atoms in total. The summed E-state index contributed by atoms with van der Waals surface area (Å²) < 4.78 is 0. The molecule has 3 heterocycles. The van der Waals surface area contributed by atoms with Crippen molar-refractivity contribution in [3.63, 3.8) is 0 Å². The first-order valence-electron chi connectivity index (χ1n) is 10.8. The van der Waals surface area contributed by atoms with Gasteiger partial charge >= 0.3 is 0 Å². The standard InChI is InChI=1S/C27H22N6O/c1-18(34)30-21-15-20(16-28-17-21)26-31-23-12-8-11-22(19-9-4-3-5-10-19)25(23)27(32-26)33(2)24-13-6-7-14-29-24/h3-17H,1-2H3,(H,30,34). The number of hydrogen-bond acceptors (Lipinski definition) is 6. The quantitative estimate of drug-likeness (QED) is 0.385. The molecule has 0 saturated carbocycles. The predicted molar refractivity (Wildman–Crippen MR) is 135 cm³/mol. The molecule has 2 aromatic carbocycles. The molecular formula is C27H22N6O. The van der Waals surface area contributed by atoms with Gasteiger partial charge in [-0.05, 0) is 35.4 Å². The number of anilines is 3. The second kappa shape index (κ2) is 9.07. The molecule has 5 aromatic rings. The Morgan fingerprint density at radius 2 is 1.71 bits per heavy atom. The van der Waals surface area contributed by atoms with Crippen LogP contribution in [0.3, 0.4) is 0 Å². The van der Waals surface area contributed by atoms with Crippen LogP contribution < -0.4 is 10.2 Å². The van der Waals surface area contributed by atoms with Gasteiger partial charge in [0.05, 0.1) is 22.8 Å². The van der Waals surface area contributed by atoms with E-state index in [2.05, 4.69) is 33.5 Å². The van der Waals surface area contributed by atoms with E-state index >= 15 is 0 Å². The molecule has 7 heteroatoms. The lowest BCUT2D eigenvalue weighted by Gasteiger charge is -2.21. The van der Waals surface area contributed by atoms with Crippen LogP contribution in [0.5, 0.6) is 0 Å². The van der Waals surface area contributed by atoms with Gasteiger partial charge in [0.25, 0.3) is 0 Å². The molecule has 0 spiro atoms. The Morgan fingerprint density at radius 3 is 2.47 bits per heavy atom. The van der Waals surface area contributed by atoms with Gasteiger partial charge in [-0.3, -0.25) is 9.78 Å². The third-order valence-corrected chi connectivity index (χ3v) is 5.42. The third-order valence-electron chi connectivity index (χ3n) is 5.42. The summed E-state index contributed by atoms with van der Waals surface area (Å²) in [6.07, 6.45) is 5.05. The Bertz CT molecular complexity index is 1470. The van der Waals surface area contributed by atoms with Gasteiger partial charge in [-0.25, -0.2) is 15.0 Å². The van der Waals surface area contributed by atoms with E-state index in [1.165, 1.54) is 6.92 Å². The summed E-state index contributed by atoms with van der Waals surface area (Å²) in [6.45, 7) is 1.46. The number of amides is 1. The maximum Gasteiger partial charge on any atom is 0.221 e. The molecule has 0 saturated heterocycles. The number of carbonyl (C=O) groups excluding carboxylic acids is 1. The van der Waals surface area contributed by atoms with Gasteiger partial charge in [0.2, 0.25) is 5.91 Å². The zero-order chi connectivity index (χ0) is 23.5. The van der Waals surface area contributed by atoms with Gasteiger partial charge in [0.15, 0.2) is 5.82 Å². The molecule has 0 aliphatic carbocycles. The van der Waals surface area contributed by atoms with Crippen LogP contribution in [0.2, 0.25) is 0 Å². The Labute approximate surface area is 197 Å². The normalized spacial score (nSPS) is 10.8. The van der Waals surface area contributed by atoms with E-state index < -0.39 is 0 Å². The van der Waals surface area contributed by atoms with Crippen molar-refractivity contribution in [3.8, 4) is 22.5 Å². The topological polar surface area (TPSA) is 83.9 Å². The second-order valence-corrected chi connectivity index (χ2v) is 7.83. The number of nitrogens with zero attached hydrogens (tertiary/aromatic N) is 5. The summed E-state index contributed by atoms with van der Waals surface area (Å²) in [7, 11) is 1.95. The second-order valence-electron chi connectivity index (χ2n) is 7.83. The molecule has 34 heavy (non-hydrogen) atoms. The van der Waals surface area contributed by atoms with Crippen LogP contribution in [0.25, 0.3) is 33.4 Å². The van der Waals surface area contributed by atoms with Gasteiger partial charge in [-0.15, -0.1) is 0 Å². The van der Waals surface area contributed by atoms with Crippen molar-refractivity contribution < 1.29 is 4.79 Å². The molecule has 3 aromatic heterocycles. The number of benzene rings is 2. The molecule has 0 bridgehead atoms. The molecule has 5 rings (SSSR count). The van der Waals surface area contributed by atoms with Crippen molar-refractivity contribution in [2.75, 3.05) is 17.3 Å². The summed E-state index contributed by atoms with van der Waals surface area (Å²) in [5, 5.41) is 3.70. The van der Waals surface area contributed by atoms with Crippen LogP contribution in [0.1, 0.15) is 6.92 Å². The van der Waals surface area contributed by atoms with Crippen LogP contribution in [0.4, 0.5) is 17.3 Å². The van der Waals surface area contributed by atoms with E-state index in [0.717, 1.165) is 33.7 Å². The SMILES string of the molecule is CC(=O)Nc1cncc(-c2nc(N(C)c3ccccn3)c3c(-c4ccccc4)cccc3n2)c1. The fourth-order valence-corrected chi connectivity index (χ4v) is 3.89. The fraction of sp³-hybridized carbons (Fsp3) is 0.0741. The third kappa shape index (κ3) is 4.19. The average molecular weight is 447 g/mol.